The summed E-state index contributed by atoms with van der Waals surface area (Å²) in [6.07, 6.45) is 15.1. The van der Waals surface area contributed by atoms with Crippen molar-refractivity contribution in [3.8, 4) is 17.2 Å². The Hall–Kier alpha value is -4.51. The molecule has 3 rings (SSSR count). The Morgan fingerprint density at radius 3 is 1.26 bits per heavy atom. The molecule has 368 valence electrons. The van der Waals surface area contributed by atoms with E-state index in [4.69, 9.17) is 14.5 Å². The van der Waals surface area contributed by atoms with Crippen LogP contribution in [-0.2, 0) is 27.3 Å². The largest absolute Gasteiger partial charge is 0.502 e. The van der Waals surface area contributed by atoms with Crippen molar-refractivity contribution >= 4 is 17.6 Å². The molecule has 1 atom stereocenters. The number of rotatable bonds is 24. The number of phenols is 1. The molecule has 2 N–H and O–H groups in total. The van der Waals surface area contributed by atoms with Crippen molar-refractivity contribution in [1.29, 1.82) is 0 Å². The van der Waals surface area contributed by atoms with Gasteiger partial charge in [-0.15, -0.1) is 0 Å². The summed E-state index contributed by atoms with van der Waals surface area (Å²) >= 11 is 0. The molecule has 0 amide bonds. The van der Waals surface area contributed by atoms with Gasteiger partial charge in [0.1, 0.15) is 17.1 Å². The number of nitro groups is 2. The lowest BCUT2D eigenvalue weighted by Crippen LogP contribution is -2.41. The Bertz CT molecular complexity index is 1950. The van der Waals surface area contributed by atoms with Gasteiger partial charge in [-0.1, -0.05) is 168 Å². The number of aliphatic imine (C=N–C) groups is 1. The predicted octanol–water partition coefficient (Wildman–Crippen LogP) is 15.0. The molecule has 0 fully saturated rings. The summed E-state index contributed by atoms with van der Waals surface area (Å²) in [5.41, 5.74) is -0.210. The number of aromatic hydroxyl groups is 1. The molecule has 11 heteroatoms. The van der Waals surface area contributed by atoms with Crippen LogP contribution in [0.2, 0.25) is 0 Å². The van der Waals surface area contributed by atoms with E-state index >= 15 is 0 Å². The minimum absolute atomic E-state index is 0.204. The molecule has 3 aromatic carbocycles. The van der Waals surface area contributed by atoms with E-state index in [0.717, 1.165) is 84.4 Å². The molecule has 0 aliphatic heterocycles. The number of unbranched alkanes of at least 4 members (excludes halogenated alkanes) is 10. The van der Waals surface area contributed by atoms with Gasteiger partial charge in [0.15, 0.2) is 0 Å². The SMILES string of the molecule is CCCCCCCCOc1c(C(C)(C)C)cc(C(O)(c2cc(C(C)(C)C)c(OCCCCCCCC)c(C(C)(C)C)c2)C(CC)N=Cc2cc([N+](=O)[O-])cc([N+](=O)[O-])c2O)cc1C(C)(C)C. The van der Waals surface area contributed by atoms with Crippen molar-refractivity contribution < 1.29 is 29.5 Å². The summed E-state index contributed by atoms with van der Waals surface area (Å²) < 4.78 is 13.6. The van der Waals surface area contributed by atoms with Crippen LogP contribution in [0, 0.1) is 20.2 Å². The molecular formula is C55H85N3O8. The van der Waals surface area contributed by atoms with Crippen LogP contribution in [0.3, 0.4) is 0 Å². The quantitative estimate of drug-likeness (QED) is 0.0389. The molecule has 0 aromatic heterocycles. The first-order chi connectivity index (χ1) is 30.6. The van der Waals surface area contributed by atoms with Crippen molar-refractivity contribution in [2.75, 3.05) is 13.2 Å². The monoisotopic (exact) mass is 916 g/mol. The van der Waals surface area contributed by atoms with Crippen molar-refractivity contribution in [3.05, 3.63) is 95.6 Å². The maximum atomic E-state index is 14.1. The summed E-state index contributed by atoms with van der Waals surface area (Å²) in [4.78, 5) is 27.3. The molecule has 0 bridgehead atoms. The minimum Gasteiger partial charge on any atom is -0.502 e. The van der Waals surface area contributed by atoms with E-state index in [1.54, 1.807) is 0 Å². The number of phenolic OH excluding ortho intramolecular Hbond substituents is 1. The van der Waals surface area contributed by atoms with Crippen LogP contribution >= 0.6 is 0 Å². The highest BCUT2D eigenvalue weighted by Crippen LogP contribution is 2.49. The van der Waals surface area contributed by atoms with E-state index in [1.807, 2.05) is 6.92 Å². The fourth-order valence-electron chi connectivity index (χ4n) is 8.55. The lowest BCUT2D eigenvalue weighted by molar-refractivity contribution is -0.394. The van der Waals surface area contributed by atoms with E-state index < -0.39 is 60.3 Å². The molecule has 0 saturated carbocycles. The third-order valence-corrected chi connectivity index (χ3v) is 12.6. The second-order valence-corrected chi connectivity index (χ2v) is 22.4. The third kappa shape index (κ3) is 14.5. The third-order valence-electron chi connectivity index (χ3n) is 12.6. The summed E-state index contributed by atoms with van der Waals surface area (Å²) in [6.45, 7) is 33.2. The van der Waals surface area contributed by atoms with E-state index in [2.05, 4.69) is 121 Å². The normalized spacial score (nSPS) is 13.3. The molecule has 0 radical (unpaired) electrons. The maximum Gasteiger partial charge on any atom is 0.318 e. The van der Waals surface area contributed by atoms with E-state index in [1.165, 1.54) is 44.7 Å². The second-order valence-electron chi connectivity index (χ2n) is 22.4. The molecule has 0 aliphatic carbocycles. The van der Waals surface area contributed by atoms with Crippen molar-refractivity contribution in [1.82, 2.24) is 0 Å². The topological polar surface area (TPSA) is 158 Å². The Balaban J connectivity index is 2.52. The maximum absolute atomic E-state index is 14.1. The predicted molar refractivity (Wildman–Crippen MR) is 272 cm³/mol. The zero-order chi connectivity index (χ0) is 49.8. The van der Waals surface area contributed by atoms with E-state index in [9.17, 15) is 30.4 Å². The highest BCUT2D eigenvalue weighted by Gasteiger charge is 2.44. The molecule has 66 heavy (non-hydrogen) atoms. The van der Waals surface area contributed by atoms with Gasteiger partial charge in [-0.2, -0.15) is 0 Å². The molecule has 11 nitrogen and oxygen atoms in total. The van der Waals surface area contributed by atoms with Crippen LogP contribution in [0.5, 0.6) is 17.2 Å². The average Bonchev–Trinajstić information content (AvgIpc) is 3.21. The Morgan fingerprint density at radius 1 is 0.576 bits per heavy atom. The summed E-state index contributed by atoms with van der Waals surface area (Å²) in [5, 5.41) is 49.1. The number of hydrogen-bond acceptors (Lipinski definition) is 9. The van der Waals surface area contributed by atoms with Gasteiger partial charge in [0, 0.05) is 40.1 Å². The summed E-state index contributed by atoms with van der Waals surface area (Å²) in [7, 11) is 0. The fraction of sp³-hybridized carbons (Fsp3) is 0.655. The molecule has 0 heterocycles. The number of ether oxygens (including phenoxy) is 2. The summed E-state index contributed by atoms with van der Waals surface area (Å²) in [5.74, 6) is 0.870. The molecular weight excluding hydrogens is 831 g/mol. The van der Waals surface area contributed by atoms with Crippen LogP contribution in [0.15, 0.2) is 41.4 Å². The molecule has 0 aliphatic rings. The molecule has 1 unspecified atom stereocenters. The first kappa shape index (κ1) is 55.8. The lowest BCUT2D eigenvalue weighted by Gasteiger charge is -2.40. The van der Waals surface area contributed by atoms with Crippen molar-refractivity contribution in [2.45, 2.75) is 221 Å². The number of non-ortho nitro benzene ring substituents is 1. The zero-order valence-electron chi connectivity index (χ0n) is 43.4. The fourth-order valence-corrected chi connectivity index (χ4v) is 8.55. The smallest absolute Gasteiger partial charge is 0.318 e. The number of aliphatic hydroxyl groups is 1. The molecule has 0 spiro atoms. The number of hydrogen-bond donors (Lipinski definition) is 2. The average molecular weight is 916 g/mol. The standard InChI is InChI=1S/C55H85N3O8/c1-16-19-21-23-25-27-29-65-49-42(51(4,5)6)32-39(33-43(49)52(7,8)9)55(60,47(18-3)56-37-38-31-41(57(61)62)36-46(48(38)59)58(63)64)40-34-44(53(10,11)12)50(45(35-40)54(13,14)15)66-30-28-26-24-22-20-17-2/h31-37,47,59-60H,16-30H2,1-15H3. The first-order valence-electron chi connectivity index (χ1n) is 24.7. The van der Waals surface area contributed by atoms with Gasteiger partial charge in [-0.25, -0.2) is 0 Å². The van der Waals surface area contributed by atoms with Crippen molar-refractivity contribution in [2.24, 2.45) is 4.99 Å². The van der Waals surface area contributed by atoms with Crippen LogP contribution < -0.4 is 9.47 Å². The van der Waals surface area contributed by atoms with E-state index in [-0.39, 0.29) is 12.0 Å². The second kappa shape index (κ2) is 23.5. The van der Waals surface area contributed by atoms with Gasteiger partial charge in [-0.05, 0) is 76.3 Å². The first-order valence-corrected chi connectivity index (χ1v) is 24.7. The Kier molecular flexibility index (Phi) is 19.9. The minimum atomic E-state index is -1.86. The molecule has 0 saturated heterocycles. The number of nitro benzene ring substituents is 2. The summed E-state index contributed by atoms with van der Waals surface area (Å²) in [6, 6.07) is 9.05. The van der Waals surface area contributed by atoms with Gasteiger partial charge in [0.25, 0.3) is 5.69 Å². The van der Waals surface area contributed by atoms with Crippen LogP contribution in [-0.4, -0.2) is 45.5 Å². The lowest BCUT2D eigenvalue weighted by atomic mass is 9.70. The van der Waals surface area contributed by atoms with Crippen LogP contribution in [0.4, 0.5) is 11.4 Å². The van der Waals surface area contributed by atoms with Gasteiger partial charge in [0.2, 0.25) is 5.75 Å². The van der Waals surface area contributed by atoms with Gasteiger partial charge in [0.05, 0.1) is 35.2 Å². The number of benzene rings is 3. The zero-order valence-corrected chi connectivity index (χ0v) is 43.4. The van der Waals surface area contributed by atoms with Gasteiger partial charge >= 0.3 is 5.69 Å². The highest BCUT2D eigenvalue weighted by molar-refractivity contribution is 5.87. The highest BCUT2D eigenvalue weighted by atomic mass is 16.6. The molecule has 3 aromatic rings. The Labute approximate surface area is 397 Å². The van der Waals surface area contributed by atoms with Gasteiger partial charge in [-0.3, -0.25) is 25.2 Å². The number of nitrogens with zero attached hydrogens (tertiary/aromatic N) is 3. The van der Waals surface area contributed by atoms with Crippen molar-refractivity contribution in [3.63, 3.8) is 0 Å². The Morgan fingerprint density at radius 2 is 0.939 bits per heavy atom. The van der Waals surface area contributed by atoms with Crippen LogP contribution in [0.25, 0.3) is 0 Å². The van der Waals surface area contributed by atoms with Crippen LogP contribution in [0.1, 0.15) is 226 Å². The van der Waals surface area contributed by atoms with E-state index in [0.29, 0.717) is 24.3 Å². The van der Waals surface area contributed by atoms with Gasteiger partial charge < -0.3 is 19.7 Å².